The topological polar surface area (TPSA) is 21.3 Å². The minimum absolute atomic E-state index is 0.876. The minimum Gasteiger partial charge on any atom is -0.302 e. The van der Waals surface area contributed by atoms with Gasteiger partial charge >= 0.3 is 0 Å². The highest BCUT2D eigenvalue weighted by molar-refractivity contribution is 4.66. The summed E-state index contributed by atoms with van der Waals surface area (Å²) in [7, 11) is 1.81. The fraction of sp³-hybridized carbons (Fsp3) is 1.00. The van der Waals surface area contributed by atoms with Crippen molar-refractivity contribution in [3.8, 4) is 0 Å². The summed E-state index contributed by atoms with van der Waals surface area (Å²) in [4.78, 5) is 5.05. The molecular formula is C8H17NO. The Morgan fingerprint density at radius 3 is 2.70 bits per heavy atom. The summed E-state index contributed by atoms with van der Waals surface area (Å²) >= 11 is 0. The molecule has 1 fully saturated rings. The maximum absolute atomic E-state index is 5.05. The molecule has 0 aromatic heterocycles. The minimum atomic E-state index is 0.876. The molecule has 2 heteroatoms. The van der Waals surface area contributed by atoms with Gasteiger partial charge in [-0.05, 0) is 12.3 Å². The van der Waals surface area contributed by atoms with E-state index < -0.39 is 0 Å². The van der Waals surface area contributed by atoms with Crippen molar-refractivity contribution in [3.05, 3.63) is 0 Å². The number of nitrogens with one attached hydrogen (secondary N) is 1. The molecule has 0 aromatic carbocycles. The molecule has 0 aliphatic heterocycles. The third kappa shape index (κ3) is 2.67. The van der Waals surface area contributed by atoms with Crippen LogP contribution < -0.4 is 5.48 Å². The Hall–Kier alpha value is -0.0800. The second-order valence-corrected chi connectivity index (χ2v) is 2.99. The van der Waals surface area contributed by atoms with Gasteiger partial charge in [0.1, 0.15) is 0 Å². The highest BCUT2D eigenvalue weighted by Crippen LogP contribution is 2.26. The lowest BCUT2D eigenvalue weighted by Crippen LogP contribution is -2.10. The zero-order valence-corrected chi connectivity index (χ0v) is 6.73. The van der Waals surface area contributed by atoms with E-state index in [0.717, 1.165) is 12.5 Å². The molecule has 0 radical (unpaired) electrons. The average Bonchev–Trinajstić information content (AvgIpc) is 2.41. The molecule has 1 rings (SSSR count). The molecule has 1 N–H and O–H groups in total. The van der Waals surface area contributed by atoms with E-state index in [1.165, 1.54) is 32.1 Å². The molecule has 0 bridgehead atoms. The Balaban J connectivity index is 1.91. The fourth-order valence-electron chi connectivity index (χ4n) is 1.63. The lowest BCUT2D eigenvalue weighted by Gasteiger charge is -2.07. The standard InChI is InChI=1S/C8H17NO/c1-9-10-7-6-8-4-2-3-5-8/h8-9H,2-7H2,1H3. The quantitative estimate of drug-likeness (QED) is 0.478. The second-order valence-electron chi connectivity index (χ2n) is 2.99. The van der Waals surface area contributed by atoms with Crippen LogP contribution in [-0.4, -0.2) is 13.7 Å². The summed E-state index contributed by atoms with van der Waals surface area (Å²) in [5.74, 6) is 0.952. The van der Waals surface area contributed by atoms with Crippen LogP contribution in [-0.2, 0) is 4.84 Å². The van der Waals surface area contributed by atoms with Gasteiger partial charge in [0, 0.05) is 7.05 Å². The number of rotatable bonds is 4. The fourth-order valence-corrected chi connectivity index (χ4v) is 1.63. The first-order valence-electron chi connectivity index (χ1n) is 4.22. The molecule has 0 heterocycles. The average molecular weight is 143 g/mol. The smallest absolute Gasteiger partial charge is 0.0684 e. The number of hydrogen-bond acceptors (Lipinski definition) is 2. The van der Waals surface area contributed by atoms with Crippen molar-refractivity contribution in [2.45, 2.75) is 32.1 Å². The Bertz CT molecular complexity index is 79.3. The van der Waals surface area contributed by atoms with Crippen LogP contribution in [0.2, 0.25) is 0 Å². The Kier molecular flexibility index (Phi) is 3.76. The van der Waals surface area contributed by atoms with Crippen LogP contribution in [0.3, 0.4) is 0 Å². The third-order valence-corrected chi connectivity index (χ3v) is 2.25. The first-order chi connectivity index (χ1) is 4.93. The lowest BCUT2D eigenvalue weighted by atomic mass is 10.1. The maximum Gasteiger partial charge on any atom is 0.0684 e. The van der Waals surface area contributed by atoms with Gasteiger partial charge in [-0.15, -0.1) is 0 Å². The highest BCUT2D eigenvalue weighted by Gasteiger charge is 2.13. The van der Waals surface area contributed by atoms with E-state index in [9.17, 15) is 0 Å². The van der Waals surface area contributed by atoms with E-state index in [2.05, 4.69) is 5.48 Å². The van der Waals surface area contributed by atoms with E-state index in [4.69, 9.17) is 4.84 Å². The van der Waals surface area contributed by atoms with Gasteiger partial charge in [0.15, 0.2) is 0 Å². The molecule has 1 saturated carbocycles. The first kappa shape index (κ1) is 8.02. The van der Waals surface area contributed by atoms with Crippen LogP contribution in [0.5, 0.6) is 0 Å². The van der Waals surface area contributed by atoms with Crippen molar-refractivity contribution < 1.29 is 4.84 Å². The van der Waals surface area contributed by atoms with E-state index >= 15 is 0 Å². The summed E-state index contributed by atoms with van der Waals surface area (Å²) < 4.78 is 0. The summed E-state index contributed by atoms with van der Waals surface area (Å²) in [6, 6.07) is 0. The molecule has 0 aromatic rings. The molecule has 0 spiro atoms. The normalized spacial score (nSPS) is 20.1. The van der Waals surface area contributed by atoms with Crippen molar-refractivity contribution in [3.63, 3.8) is 0 Å². The molecule has 0 saturated heterocycles. The van der Waals surface area contributed by atoms with E-state index in [-0.39, 0.29) is 0 Å². The van der Waals surface area contributed by atoms with Crippen molar-refractivity contribution in [1.82, 2.24) is 5.48 Å². The predicted octanol–water partition coefficient (Wildman–Crippen LogP) is 1.72. The Labute approximate surface area is 62.9 Å². The lowest BCUT2D eigenvalue weighted by molar-refractivity contribution is 0.0487. The van der Waals surface area contributed by atoms with Crippen molar-refractivity contribution in [2.24, 2.45) is 5.92 Å². The van der Waals surface area contributed by atoms with E-state index in [1.807, 2.05) is 7.05 Å². The predicted molar refractivity (Wildman–Crippen MR) is 41.6 cm³/mol. The van der Waals surface area contributed by atoms with Gasteiger partial charge in [0.05, 0.1) is 6.61 Å². The summed E-state index contributed by atoms with van der Waals surface area (Å²) in [5.41, 5.74) is 2.69. The maximum atomic E-state index is 5.05. The zero-order chi connectivity index (χ0) is 7.23. The van der Waals surface area contributed by atoms with Gasteiger partial charge in [-0.1, -0.05) is 25.7 Å². The van der Waals surface area contributed by atoms with Crippen LogP contribution in [0.25, 0.3) is 0 Å². The van der Waals surface area contributed by atoms with Crippen molar-refractivity contribution >= 4 is 0 Å². The summed E-state index contributed by atoms with van der Waals surface area (Å²) in [6.45, 7) is 0.876. The molecule has 0 amide bonds. The largest absolute Gasteiger partial charge is 0.302 e. The van der Waals surface area contributed by atoms with Crippen LogP contribution in [0.4, 0.5) is 0 Å². The van der Waals surface area contributed by atoms with Gasteiger partial charge in [0.2, 0.25) is 0 Å². The van der Waals surface area contributed by atoms with Crippen molar-refractivity contribution in [1.29, 1.82) is 0 Å². The zero-order valence-electron chi connectivity index (χ0n) is 6.73. The number of hydrogen-bond donors (Lipinski definition) is 1. The Morgan fingerprint density at radius 2 is 2.10 bits per heavy atom. The molecular weight excluding hydrogens is 126 g/mol. The van der Waals surface area contributed by atoms with Gasteiger partial charge in [-0.3, -0.25) is 0 Å². The molecule has 0 atom stereocenters. The second kappa shape index (κ2) is 4.69. The Morgan fingerprint density at radius 1 is 1.40 bits per heavy atom. The monoisotopic (exact) mass is 143 g/mol. The first-order valence-corrected chi connectivity index (χ1v) is 4.22. The highest BCUT2D eigenvalue weighted by atomic mass is 16.6. The van der Waals surface area contributed by atoms with Crippen LogP contribution in [0.1, 0.15) is 32.1 Å². The molecule has 60 valence electrons. The van der Waals surface area contributed by atoms with E-state index in [1.54, 1.807) is 0 Å². The van der Waals surface area contributed by atoms with Gasteiger partial charge in [-0.2, -0.15) is 0 Å². The van der Waals surface area contributed by atoms with Crippen LogP contribution in [0, 0.1) is 5.92 Å². The molecule has 1 aliphatic carbocycles. The van der Waals surface area contributed by atoms with E-state index in [0.29, 0.717) is 0 Å². The van der Waals surface area contributed by atoms with Gasteiger partial charge in [-0.25, -0.2) is 5.48 Å². The summed E-state index contributed by atoms with van der Waals surface area (Å²) in [6.07, 6.45) is 6.95. The third-order valence-electron chi connectivity index (χ3n) is 2.25. The van der Waals surface area contributed by atoms with Crippen LogP contribution in [0.15, 0.2) is 0 Å². The SMILES string of the molecule is CNOCCC1CCCC1. The molecule has 2 nitrogen and oxygen atoms in total. The van der Waals surface area contributed by atoms with Gasteiger partial charge in [0.25, 0.3) is 0 Å². The van der Waals surface area contributed by atoms with Crippen LogP contribution >= 0.6 is 0 Å². The summed E-state index contributed by atoms with van der Waals surface area (Å²) in [5, 5.41) is 0. The molecule has 10 heavy (non-hydrogen) atoms. The number of hydroxylamine groups is 1. The van der Waals surface area contributed by atoms with Gasteiger partial charge < -0.3 is 4.84 Å². The molecule has 0 unspecified atom stereocenters. The van der Waals surface area contributed by atoms with Crippen molar-refractivity contribution in [2.75, 3.05) is 13.7 Å². The molecule has 1 aliphatic rings.